The summed E-state index contributed by atoms with van der Waals surface area (Å²) in [6.45, 7) is 11.7. The van der Waals surface area contributed by atoms with Gasteiger partial charge in [0.2, 0.25) is 11.8 Å². The summed E-state index contributed by atoms with van der Waals surface area (Å²) in [5, 5.41) is 6.36. The highest BCUT2D eigenvalue weighted by molar-refractivity contribution is 6.00. The van der Waals surface area contributed by atoms with Gasteiger partial charge in [0.05, 0.1) is 63.9 Å². The maximum absolute atomic E-state index is 13.6. The minimum Gasteiger partial charge on any atom is -0.497 e. The number of benzene rings is 4. The zero-order valence-electron chi connectivity index (χ0n) is 42.8. The standard InChI is InChI=1S/2C28H36N2O5/c2*1-18(2)26-27(31)29-23(21-16-15-20(33-5)17-25(21)34-6)13-9-7-11-19(3)35-24-14-10-8-12-22(24)28(32)30(26)4/h2*7-10,12,14-19,23,26H,11,13H2,1-6H3,(H,29,31)/b9-7+;9-7-/t2*19-,23+,26-/m00/s1. The van der Waals surface area contributed by atoms with E-state index in [0.29, 0.717) is 71.3 Å². The van der Waals surface area contributed by atoms with Crippen LogP contribution in [-0.2, 0) is 9.59 Å². The Labute approximate surface area is 414 Å². The first-order valence-electron chi connectivity index (χ1n) is 23.9. The Morgan fingerprint density at radius 2 is 0.871 bits per heavy atom. The Kier molecular flexibility index (Phi) is 19.7. The highest BCUT2D eigenvalue weighted by Crippen LogP contribution is 2.34. The molecule has 4 aromatic carbocycles. The first kappa shape index (κ1) is 54.0. The third-order valence-corrected chi connectivity index (χ3v) is 12.4. The SMILES string of the molecule is COc1ccc([C@H]2C/C=C/C[C@H](C)Oc3ccccc3C(=O)N(C)[C@@H](C(C)C)C(=O)N2)c(OC)c1.COc1ccc([C@H]2C/C=C\C[C@H](C)Oc3ccccc3C(=O)N(C)[C@@H](C(C)C)C(=O)N2)c(OC)c1. The van der Waals surface area contributed by atoms with Gasteiger partial charge in [-0.2, -0.15) is 0 Å². The van der Waals surface area contributed by atoms with Gasteiger partial charge >= 0.3 is 0 Å². The van der Waals surface area contributed by atoms with Gasteiger partial charge in [0.1, 0.15) is 46.6 Å². The minimum absolute atomic E-state index is 0.113. The van der Waals surface area contributed by atoms with Gasteiger partial charge in [-0.25, -0.2) is 0 Å². The lowest BCUT2D eigenvalue weighted by Gasteiger charge is -2.33. The molecular weight excluding hydrogens is 889 g/mol. The van der Waals surface area contributed by atoms with Crippen molar-refractivity contribution in [2.75, 3.05) is 42.5 Å². The third kappa shape index (κ3) is 13.6. The third-order valence-electron chi connectivity index (χ3n) is 12.4. The molecule has 6 atom stereocenters. The van der Waals surface area contributed by atoms with Gasteiger partial charge in [-0.1, -0.05) is 76.3 Å². The maximum Gasteiger partial charge on any atom is 0.258 e. The highest BCUT2D eigenvalue weighted by atomic mass is 16.5. The van der Waals surface area contributed by atoms with Crippen LogP contribution in [0.25, 0.3) is 0 Å². The minimum atomic E-state index is -0.674. The topological polar surface area (TPSA) is 154 Å². The number of ether oxygens (including phenoxy) is 6. The van der Waals surface area contributed by atoms with Gasteiger partial charge in [-0.15, -0.1) is 0 Å². The molecule has 376 valence electrons. The van der Waals surface area contributed by atoms with Crippen LogP contribution in [-0.4, -0.2) is 100 Å². The van der Waals surface area contributed by atoms with Gasteiger partial charge in [0.25, 0.3) is 11.8 Å². The lowest BCUT2D eigenvalue weighted by Crippen LogP contribution is -2.51. The lowest BCUT2D eigenvalue weighted by atomic mass is 9.97. The molecule has 4 amide bonds. The fourth-order valence-electron chi connectivity index (χ4n) is 8.80. The van der Waals surface area contributed by atoms with E-state index in [1.54, 1.807) is 91.1 Å². The number of carbonyl (C=O) groups is 4. The van der Waals surface area contributed by atoms with Crippen molar-refractivity contribution in [3.8, 4) is 34.5 Å². The predicted octanol–water partition coefficient (Wildman–Crippen LogP) is 9.55. The van der Waals surface area contributed by atoms with Crippen molar-refractivity contribution >= 4 is 23.6 Å². The maximum atomic E-state index is 13.6. The van der Waals surface area contributed by atoms with Crippen molar-refractivity contribution in [3.05, 3.63) is 131 Å². The molecular formula is C56H72N4O10. The molecule has 0 aliphatic carbocycles. The predicted molar refractivity (Wildman–Crippen MR) is 272 cm³/mol. The molecule has 70 heavy (non-hydrogen) atoms. The van der Waals surface area contributed by atoms with Crippen LogP contribution in [0.3, 0.4) is 0 Å². The molecule has 0 fully saturated rings. The number of rotatable bonds is 8. The van der Waals surface area contributed by atoms with Gasteiger partial charge in [0.15, 0.2) is 0 Å². The second-order valence-electron chi connectivity index (χ2n) is 18.3. The van der Waals surface area contributed by atoms with Crippen molar-refractivity contribution in [1.82, 2.24) is 20.4 Å². The smallest absolute Gasteiger partial charge is 0.258 e. The Balaban J connectivity index is 0.000000261. The molecule has 4 aromatic rings. The Morgan fingerprint density at radius 1 is 0.514 bits per heavy atom. The molecule has 0 spiro atoms. The van der Waals surface area contributed by atoms with Crippen molar-refractivity contribution in [1.29, 1.82) is 0 Å². The molecule has 2 heterocycles. The summed E-state index contributed by atoms with van der Waals surface area (Å²) in [4.78, 5) is 57.3. The van der Waals surface area contributed by atoms with E-state index >= 15 is 0 Å². The number of para-hydroxylation sites is 2. The van der Waals surface area contributed by atoms with E-state index in [9.17, 15) is 19.2 Å². The van der Waals surface area contributed by atoms with Crippen molar-refractivity contribution in [2.24, 2.45) is 11.8 Å². The van der Waals surface area contributed by atoms with Gasteiger partial charge in [0, 0.05) is 50.2 Å². The van der Waals surface area contributed by atoms with Crippen LogP contribution >= 0.6 is 0 Å². The fraction of sp³-hybridized carbons (Fsp3) is 0.429. The second kappa shape index (κ2) is 25.6. The second-order valence-corrected chi connectivity index (χ2v) is 18.3. The van der Waals surface area contributed by atoms with Gasteiger partial charge < -0.3 is 48.9 Å². The number of nitrogens with one attached hydrogen (secondary N) is 2. The lowest BCUT2D eigenvalue weighted by molar-refractivity contribution is -0.128. The average molecular weight is 961 g/mol. The van der Waals surface area contributed by atoms with Crippen LogP contribution in [0.15, 0.2) is 109 Å². The molecule has 6 rings (SSSR count). The number of hydrogen-bond donors (Lipinski definition) is 2. The summed E-state index contributed by atoms with van der Waals surface area (Å²) in [5.41, 5.74) is 2.55. The molecule has 0 bridgehead atoms. The first-order valence-corrected chi connectivity index (χ1v) is 23.9. The van der Waals surface area contributed by atoms with Crippen LogP contribution in [0.1, 0.15) is 111 Å². The van der Waals surface area contributed by atoms with E-state index in [-0.39, 0.29) is 59.8 Å². The van der Waals surface area contributed by atoms with E-state index in [0.717, 1.165) is 11.1 Å². The van der Waals surface area contributed by atoms with Crippen molar-refractivity contribution in [2.45, 2.75) is 104 Å². The number of nitrogens with zero attached hydrogens (tertiary/aromatic N) is 2. The van der Waals surface area contributed by atoms with Crippen LogP contribution in [0.4, 0.5) is 0 Å². The normalized spacial score (nSPS) is 22.5. The quantitative estimate of drug-likeness (QED) is 0.163. The number of likely N-dealkylation sites (N-methyl/N-ethyl adjacent to an activating group) is 2. The zero-order valence-corrected chi connectivity index (χ0v) is 42.8. The molecule has 14 nitrogen and oxygen atoms in total. The van der Waals surface area contributed by atoms with Crippen molar-refractivity contribution in [3.63, 3.8) is 0 Å². The Morgan fingerprint density at radius 3 is 1.21 bits per heavy atom. The van der Waals surface area contributed by atoms with E-state index in [2.05, 4.69) is 10.6 Å². The molecule has 0 aromatic heterocycles. The molecule has 14 heteroatoms. The van der Waals surface area contributed by atoms with E-state index in [4.69, 9.17) is 28.4 Å². The Hall–Kier alpha value is -6.96. The molecule has 2 aliphatic rings. The van der Waals surface area contributed by atoms with E-state index in [1.165, 1.54) is 9.80 Å². The monoisotopic (exact) mass is 961 g/mol. The molecule has 2 N–H and O–H groups in total. The molecule has 0 unspecified atom stereocenters. The van der Waals surface area contributed by atoms with Crippen LogP contribution in [0, 0.1) is 11.8 Å². The highest BCUT2D eigenvalue weighted by Gasteiger charge is 2.35. The van der Waals surface area contributed by atoms with Gasteiger partial charge in [-0.3, -0.25) is 19.2 Å². The van der Waals surface area contributed by atoms with Gasteiger partial charge in [-0.05, 0) is 87.1 Å². The summed E-state index contributed by atoms with van der Waals surface area (Å²) in [6.07, 6.45) is 10.4. The number of methoxy groups -OCH3 is 4. The average Bonchev–Trinajstić information content (AvgIpc) is 3.34. The summed E-state index contributed by atoms with van der Waals surface area (Å²) in [6, 6.07) is 23.4. The number of amides is 4. The number of hydrogen-bond acceptors (Lipinski definition) is 10. The zero-order chi connectivity index (χ0) is 51.1. The summed E-state index contributed by atoms with van der Waals surface area (Å²) >= 11 is 0. The van der Waals surface area contributed by atoms with E-state index < -0.39 is 12.1 Å². The molecule has 0 saturated heterocycles. The fourth-order valence-corrected chi connectivity index (χ4v) is 8.80. The van der Waals surface area contributed by atoms with Crippen LogP contribution < -0.4 is 39.1 Å². The summed E-state index contributed by atoms with van der Waals surface area (Å²) in [7, 11) is 9.73. The number of fused-ring (bicyclic) bond motifs is 2. The van der Waals surface area contributed by atoms with Crippen LogP contribution in [0.2, 0.25) is 0 Å². The first-order chi connectivity index (χ1) is 33.5. The number of carbonyl (C=O) groups excluding carboxylic acids is 4. The van der Waals surface area contributed by atoms with Crippen molar-refractivity contribution < 1.29 is 47.6 Å². The van der Waals surface area contributed by atoms with E-state index in [1.807, 2.05) is 102 Å². The molecule has 0 radical (unpaired) electrons. The summed E-state index contributed by atoms with van der Waals surface area (Å²) < 4.78 is 34.1. The molecule has 0 saturated carbocycles. The largest absolute Gasteiger partial charge is 0.497 e. The summed E-state index contributed by atoms with van der Waals surface area (Å²) in [5.74, 6) is 2.44. The molecule has 2 aliphatic heterocycles. The van der Waals surface area contributed by atoms with Crippen LogP contribution in [0.5, 0.6) is 34.5 Å². The Bertz CT molecular complexity index is 2300.